The first kappa shape index (κ1) is 30.6. The summed E-state index contributed by atoms with van der Waals surface area (Å²) < 4.78 is 13.4. The van der Waals surface area contributed by atoms with Gasteiger partial charge in [0.1, 0.15) is 17.3 Å². The van der Waals surface area contributed by atoms with Gasteiger partial charge in [0.25, 0.3) is 5.91 Å². The number of nitrogens with zero attached hydrogens (tertiary/aromatic N) is 3. The molecule has 1 amide bonds. The Morgan fingerprint density at radius 1 is 0.812 bits per heavy atom. The van der Waals surface area contributed by atoms with Gasteiger partial charge < -0.3 is 35.1 Å². The van der Waals surface area contributed by atoms with Crippen molar-refractivity contribution in [2.75, 3.05) is 20.0 Å². The molecular formula is C38H37N7O3. The Labute approximate surface area is 277 Å². The van der Waals surface area contributed by atoms with Crippen molar-refractivity contribution in [1.29, 1.82) is 0 Å². The molecule has 10 nitrogen and oxygen atoms in total. The Bertz CT molecular complexity index is 2210. The van der Waals surface area contributed by atoms with E-state index in [-0.39, 0.29) is 5.91 Å². The highest BCUT2D eigenvalue weighted by Gasteiger charge is 2.26. The van der Waals surface area contributed by atoms with Crippen molar-refractivity contribution in [2.45, 2.75) is 31.8 Å². The van der Waals surface area contributed by atoms with Crippen molar-refractivity contribution < 1.29 is 14.3 Å². The van der Waals surface area contributed by atoms with Gasteiger partial charge in [0, 0.05) is 64.4 Å². The molecule has 4 aromatic carbocycles. The van der Waals surface area contributed by atoms with Crippen LogP contribution < -0.4 is 20.5 Å². The van der Waals surface area contributed by atoms with Gasteiger partial charge in [0.05, 0.1) is 32.4 Å². The van der Waals surface area contributed by atoms with Crippen LogP contribution in [0.25, 0.3) is 21.8 Å². The molecule has 0 fully saturated rings. The number of hydrogen-bond donors (Lipinski definition) is 4. The van der Waals surface area contributed by atoms with Crippen LogP contribution in [0.3, 0.4) is 0 Å². The van der Waals surface area contributed by atoms with Crippen LogP contribution in [0.1, 0.15) is 44.7 Å². The van der Waals surface area contributed by atoms with E-state index in [1.54, 1.807) is 32.4 Å². The molecule has 3 aromatic heterocycles. The zero-order valence-electron chi connectivity index (χ0n) is 26.9. The Kier molecular flexibility index (Phi) is 8.53. The third-order valence-electron chi connectivity index (χ3n) is 8.89. The number of rotatable bonds is 12. The van der Waals surface area contributed by atoms with E-state index in [1.807, 2.05) is 60.8 Å². The standard InChI is InChI=1S/C38H37N7O3/c1-47-27-17-15-25(35(20-27)48-2)23-45-36(18-16-24-21-40-32-13-7-4-9-28(24)32)43-44-37(45)34(42-38(46)30-11-3-6-12-31(30)39)19-26-22-41-33-14-8-5-10-29(26)33/h3-15,17,20-22,34,40-41H,16,18-19,23,39H2,1-2H3,(H,42,46). The monoisotopic (exact) mass is 639 g/mol. The molecule has 0 saturated heterocycles. The first-order valence-corrected chi connectivity index (χ1v) is 15.9. The molecule has 5 N–H and O–H groups in total. The molecule has 3 heterocycles. The van der Waals surface area contributed by atoms with Crippen LogP contribution in [-0.2, 0) is 25.8 Å². The highest BCUT2D eigenvalue weighted by molar-refractivity contribution is 5.99. The SMILES string of the molecule is COc1ccc(Cn2c(CCc3c[nH]c4ccccc34)nnc2C(Cc2c[nH]c3ccccc23)NC(=O)c2ccccc2N)c(OC)c1. The summed E-state index contributed by atoms with van der Waals surface area (Å²) >= 11 is 0. The molecule has 0 saturated carbocycles. The number of ether oxygens (including phenoxy) is 2. The number of aromatic amines is 2. The number of nitrogen functional groups attached to an aromatic ring is 1. The van der Waals surface area contributed by atoms with Gasteiger partial charge in [-0.2, -0.15) is 0 Å². The number of carbonyl (C=O) groups excluding carboxylic acids is 1. The lowest BCUT2D eigenvalue weighted by molar-refractivity contribution is 0.0935. The number of anilines is 1. The van der Waals surface area contributed by atoms with Gasteiger partial charge in [-0.25, -0.2) is 0 Å². The maximum atomic E-state index is 13.8. The van der Waals surface area contributed by atoms with Gasteiger partial charge in [-0.15, -0.1) is 10.2 Å². The number of aromatic nitrogens is 5. The maximum Gasteiger partial charge on any atom is 0.253 e. The molecule has 0 aliphatic heterocycles. The topological polar surface area (TPSA) is 136 Å². The normalized spacial score (nSPS) is 12.0. The molecule has 0 aliphatic rings. The van der Waals surface area contributed by atoms with Gasteiger partial charge >= 0.3 is 0 Å². The molecule has 0 radical (unpaired) electrons. The number of H-pyrrole nitrogens is 2. The summed E-state index contributed by atoms with van der Waals surface area (Å²) in [6.45, 7) is 0.423. The average Bonchev–Trinajstić information content (AvgIpc) is 3.84. The number of methoxy groups -OCH3 is 2. The van der Waals surface area contributed by atoms with Crippen molar-refractivity contribution in [2.24, 2.45) is 0 Å². The maximum absolute atomic E-state index is 13.8. The smallest absolute Gasteiger partial charge is 0.253 e. The number of nitrogens with two attached hydrogens (primary N) is 1. The zero-order valence-corrected chi connectivity index (χ0v) is 26.9. The summed E-state index contributed by atoms with van der Waals surface area (Å²) in [7, 11) is 3.28. The first-order chi connectivity index (χ1) is 23.5. The number of nitrogens with one attached hydrogen (secondary N) is 3. The molecule has 0 spiro atoms. The number of benzene rings is 4. The summed E-state index contributed by atoms with van der Waals surface area (Å²) in [5.74, 6) is 2.53. The summed E-state index contributed by atoms with van der Waals surface area (Å²) in [6.07, 6.45) is 5.91. The first-order valence-electron chi connectivity index (χ1n) is 15.9. The van der Waals surface area contributed by atoms with Crippen LogP contribution in [0, 0.1) is 0 Å². The van der Waals surface area contributed by atoms with E-state index in [0.717, 1.165) is 39.8 Å². The van der Waals surface area contributed by atoms with Crippen LogP contribution >= 0.6 is 0 Å². The molecule has 1 atom stereocenters. The summed E-state index contributed by atoms with van der Waals surface area (Å²) in [5.41, 5.74) is 12.3. The second kappa shape index (κ2) is 13.4. The van der Waals surface area contributed by atoms with E-state index in [4.69, 9.17) is 25.4 Å². The van der Waals surface area contributed by atoms with Gasteiger partial charge in [-0.1, -0.05) is 48.5 Å². The van der Waals surface area contributed by atoms with Crippen molar-refractivity contribution in [1.82, 2.24) is 30.0 Å². The van der Waals surface area contributed by atoms with Crippen molar-refractivity contribution in [3.8, 4) is 11.5 Å². The predicted molar refractivity (Wildman–Crippen MR) is 187 cm³/mol. The van der Waals surface area contributed by atoms with Crippen LogP contribution in [0.5, 0.6) is 11.5 Å². The summed E-state index contributed by atoms with van der Waals surface area (Å²) in [4.78, 5) is 20.5. The quantitative estimate of drug-likeness (QED) is 0.115. The Balaban J connectivity index is 1.30. The Morgan fingerprint density at radius 3 is 2.23 bits per heavy atom. The van der Waals surface area contributed by atoms with Crippen molar-refractivity contribution in [3.63, 3.8) is 0 Å². The molecule has 1 unspecified atom stereocenters. The van der Waals surface area contributed by atoms with Crippen LogP contribution in [-0.4, -0.2) is 44.9 Å². The molecular weight excluding hydrogens is 602 g/mol. The summed E-state index contributed by atoms with van der Waals surface area (Å²) in [5, 5.41) is 15.1. The molecule has 48 heavy (non-hydrogen) atoms. The highest BCUT2D eigenvalue weighted by atomic mass is 16.5. The van der Waals surface area contributed by atoms with Crippen LogP contribution in [0.15, 0.2) is 103 Å². The zero-order chi connectivity index (χ0) is 33.0. The predicted octanol–water partition coefficient (Wildman–Crippen LogP) is 6.39. The minimum absolute atomic E-state index is 0.283. The van der Waals surface area contributed by atoms with E-state index in [1.165, 1.54) is 10.9 Å². The summed E-state index contributed by atoms with van der Waals surface area (Å²) in [6, 6.07) is 28.7. The average molecular weight is 640 g/mol. The number of aryl methyl sites for hydroxylation is 2. The van der Waals surface area contributed by atoms with Gasteiger partial charge in [0.2, 0.25) is 0 Å². The molecule has 7 rings (SSSR count). The number of para-hydroxylation sites is 3. The van der Waals surface area contributed by atoms with E-state index in [9.17, 15) is 4.79 Å². The van der Waals surface area contributed by atoms with Gasteiger partial charge in [0.15, 0.2) is 5.82 Å². The van der Waals surface area contributed by atoms with E-state index < -0.39 is 6.04 Å². The number of amides is 1. The van der Waals surface area contributed by atoms with Gasteiger partial charge in [-0.3, -0.25) is 4.79 Å². The van der Waals surface area contributed by atoms with E-state index in [2.05, 4.69) is 44.2 Å². The Hall–Kier alpha value is -6.03. The number of hydrogen-bond acceptors (Lipinski definition) is 6. The molecule has 242 valence electrons. The van der Waals surface area contributed by atoms with E-state index in [0.29, 0.717) is 48.0 Å². The van der Waals surface area contributed by atoms with Gasteiger partial charge in [-0.05, 0) is 53.9 Å². The largest absolute Gasteiger partial charge is 0.497 e. The number of carbonyl (C=O) groups is 1. The van der Waals surface area contributed by atoms with Crippen LogP contribution in [0.4, 0.5) is 5.69 Å². The second-order valence-corrected chi connectivity index (χ2v) is 11.8. The molecule has 10 heteroatoms. The fourth-order valence-electron chi connectivity index (χ4n) is 6.37. The fraction of sp³-hybridized carbons (Fsp3) is 0.184. The fourth-order valence-corrected chi connectivity index (χ4v) is 6.37. The lowest BCUT2D eigenvalue weighted by atomic mass is 10.0. The second-order valence-electron chi connectivity index (χ2n) is 11.8. The lowest BCUT2D eigenvalue weighted by Gasteiger charge is -2.21. The van der Waals surface area contributed by atoms with Crippen molar-refractivity contribution >= 4 is 33.4 Å². The van der Waals surface area contributed by atoms with E-state index >= 15 is 0 Å². The van der Waals surface area contributed by atoms with Crippen molar-refractivity contribution in [3.05, 3.63) is 137 Å². The molecule has 0 aliphatic carbocycles. The third-order valence-corrected chi connectivity index (χ3v) is 8.89. The minimum atomic E-state index is -0.533. The highest BCUT2D eigenvalue weighted by Crippen LogP contribution is 2.30. The third kappa shape index (κ3) is 6.07. The lowest BCUT2D eigenvalue weighted by Crippen LogP contribution is -2.33. The van der Waals surface area contributed by atoms with Crippen LogP contribution in [0.2, 0.25) is 0 Å². The molecule has 0 bridgehead atoms. The minimum Gasteiger partial charge on any atom is -0.497 e. The number of fused-ring (bicyclic) bond motifs is 2. The Morgan fingerprint density at radius 2 is 1.50 bits per heavy atom. The molecule has 7 aromatic rings.